The first-order valence-electron chi connectivity index (χ1n) is 8.05. The standard InChI is InChI=1S/C18H22N2O2S/c1-23-15(13-21)12-20-10-6-5-9-16(20)18-19-11-17(22-18)14-7-3-2-4-8-14/h2-4,7-8,11,13,15-16H,5-6,9-10,12H2,1H3/t15?,16-/m1/s1. The lowest BCUT2D eigenvalue weighted by Gasteiger charge is -2.34. The molecule has 1 aliphatic rings. The molecule has 3 rings (SSSR count). The van der Waals surface area contributed by atoms with Crippen LogP contribution < -0.4 is 0 Å². The van der Waals surface area contributed by atoms with E-state index < -0.39 is 0 Å². The Labute approximate surface area is 141 Å². The molecule has 0 radical (unpaired) electrons. The first kappa shape index (κ1) is 16.3. The molecule has 5 heteroatoms. The summed E-state index contributed by atoms with van der Waals surface area (Å²) in [6, 6.07) is 10.2. The van der Waals surface area contributed by atoms with Crippen LogP contribution in [0.4, 0.5) is 0 Å². The largest absolute Gasteiger partial charge is 0.439 e. The Balaban J connectivity index is 1.78. The van der Waals surface area contributed by atoms with Gasteiger partial charge in [0.25, 0.3) is 0 Å². The van der Waals surface area contributed by atoms with Crippen molar-refractivity contribution in [1.82, 2.24) is 9.88 Å². The molecule has 1 aliphatic heterocycles. The Morgan fingerprint density at radius 2 is 2.22 bits per heavy atom. The average molecular weight is 330 g/mol. The fraction of sp³-hybridized carbons (Fsp3) is 0.444. The fourth-order valence-electron chi connectivity index (χ4n) is 3.07. The maximum atomic E-state index is 11.2. The van der Waals surface area contributed by atoms with Crippen LogP contribution in [0.25, 0.3) is 11.3 Å². The maximum absolute atomic E-state index is 11.2. The summed E-state index contributed by atoms with van der Waals surface area (Å²) in [5.74, 6) is 1.58. The van der Waals surface area contributed by atoms with E-state index in [0.29, 0.717) is 0 Å². The molecule has 122 valence electrons. The number of oxazole rings is 1. The van der Waals surface area contributed by atoms with Crippen molar-refractivity contribution in [2.24, 2.45) is 0 Å². The summed E-state index contributed by atoms with van der Waals surface area (Å²) in [5.41, 5.74) is 1.04. The number of rotatable bonds is 6. The Hall–Kier alpha value is -1.59. The molecule has 1 aromatic carbocycles. The van der Waals surface area contributed by atoms with Crippen molar-refractivity contribution in [3.63, 3.8) is 0 Å². The van der Waals surface area contributed by atoms with E-state index in [4.69, 9.17) is 4.42 Å². The molecule has 1 aromatic heterocycles. The number of carbonyl (C=O) groups excluding carboxylic acids is 1. The third-order valence-corrected chi connectivity index (χ3v) is 5.22. The van der Waals surface area contributed by atoms with Crippen molar-refractivity contribution in [2.45, 2.75) is 30.6 Å². The van der Waals surface area contributed by atoms with Crippen LogP contribution in [0.3, 0.4) is 0 Å². The van der Waals surface area contributed by atoms with Gasteiger partial charge in [0.15, 0.2) is 5.76 Å². The molecule has 0 aliphatic carbocycles. The second-order valence-electron chi connectivity index (χ2n) is 5.85. The van der Waals surface area contributed by atoms with Crippen molar-refractivity contribution in [1.29, 1.82) is 0 Å². The van der Waals surface area contributed by atoms with Crippen molar-refractivity contribution < 1.29 is 9.21 Å². The molecule has 0 N–H and O–H groups in total. The van der Waals surface area contributed by atoms with Crippen LogP contribution in [0.5, 0.6) is 0 Å². The number of likely N-dealkylation sites (tertiary alicyclic amines) is 1. The molecule has 23 heavy (non-hydrogen) atoms. The molecule has 2 heterocycles. The van der Waals surface area contributed by atoms with Gasteiger partial charge in [-0.15, -0.1) is 0 Å². The number of thioether (sulfide) groups is 1. The minimum atomic E-state index is 0.0131. The van der Waals surface area contributed by atoms with Gasteiger partial charge in [0.2, 0.25) is 5.89 Å². The summed E-state index contributed by atoms with van der Waals surface area (Å²) >= 11 is 1.60. The third-order valence-electron chi connectivity index (χ3n) is 4.35. The topological polar surface area (TPSA) is 46.3 Å². The molecule has 1 unspecified atom stereocenters. The highest BCUT2D eigenvalue weighted by Gasteiger charge is 2.29. The Bertz CT molecular complexity index is 629. The number of piperidine rings is 1. The van der Waals surface area contributed by atoms with E-state index in [1.165, 1.54) is 12.8 Å². The summed E-state index contributed by atoms with van der Waals surface area (Å²) in [6.07, 6.45) is 8.22. The number of hydrogen-bond donors (Lipinski definition) is 0. The van der Waals surface area contributed by atoms with Crippen LogP contribution in [0.2, 0.25) is 0 Å². The second kappa shape index (κ2) is 7.79. The van der Waals surface area contributed by atoms with Gasteiger partial charge in [0.1, 0.15) is 6.29 Å². The molecule has 2 aromatic rings. The molecular weight excluding hydrogens is 308 g/mol. The lowest BCUT2D eigenvalue weighted by Crippen LogP contribution is -2.38. The predicted molar refractivity (Wildman–Crippen MR) is 93.5 cm³/mol. The smallest absolute Gasteiger partial charge is 0.212 e. The summed E-state index contributed by atoms with van der Waals surface area (Å²) in [7, 11) is 0. The molecule has 4 nitrogen and oxygen atoms in total. The van der Waals surface area contributed by atoms with E-state index in [1.807, 2.05) is 42.8 Å². The van der Waals surface area contributed by atoms with Gasteiger partial charge in [-0.25, -0.2) is 4.98 Å². The van der Waals surface area contributed by atoms with Crippen LogP contribution in [-0.2, 0) is 4.79 Å². The van der Waals surface area contributed by atoms with Gasteiger partial charge < -0.3 is 9.21 Å². The molecule has 0 amide bonds. The first-order chi connectivity index (χ1) is 11.3. The monoisotopic (exact) mass is 330 g/mol. The molecule has 0 bridgehead atoms. The van der Waals surface area contributed by atoms with Crippen LogP contribution >= 0.6 is 11.8 Å². The highest BCUT2D eigenvalue weighted by molar-refractivity contribution is 7.99. The Kier molecular flexibility index (Phi) is 5.51. The van der Waals surface area contributed by atoms with Gasteiger partial charge in [0, 0.05) is 12.1 Å². The van der Waals surface area contributed by atoms with Crippen molar-refractivity contribution in [3.05, 3.63) is 42.4 Å². The minimum absolute atomic E-state index is 0.0131. The van der Waals surface area contributed by atoms with E-state index in [2.05, 4.69) is 9.88 Å². The SMILES string of the molecule is CSC(C=O)CN1CCCC[C@@H]1c1ncc(-c2ccccc2)o1. The third kappa shape index (κ3) is 3.85. The van der Waals surface area contributed by atoms with Gasteiger partial charge >= 0.3 is 0 Å². The van der Waals surface area contributed by atoms with Crippen molar-refractivity contribution >= 4 is 18.0 Å². The van der Waals surface area contributed by atoms with Gasteiger partial charge in [-0.1, -0.05) is 36.8 Å². The van der Waals surface area contributed by atoms with Crippen LogP contribution in [0.15, 0.2) is 40.9 Å². The van der Waals surface area contributed by atoms with Gasteiger partial charge in [0.05, 0.1) is 17.5 Å². The highest BCUT2D eigenvalue weighted by atomic mass is 32.2. The Morgan fingerprint density at radius 3 is 2.96 bits per heavy atom. The lowest BCUT2D eigenvalue weighted by molar-refractivity contribution is -0.107. The van der Waals surface area contributed by atoms with Crippen molar-refractivity contribution in [3.8, 4) is 11.3 Å². The van der Waals surface area contributed by atoms with Crippen LogP contribution in [0.1, 0.15) is 31.2 Å². The quantitative estimate of drug-likeness (QED) is 0.754. The number of benzene rings is 1. The lowest BCUT2D eigenvalue weighted by atomic mass is 10.0. The van der Waals surface area contributed by atoms with E-state index in [0.717, 1.165) is 43.0 Å². The summed E-state index contributed by atoms with van der Waals surface area (Å²) in [4.78, 5) is 18.0. The normalized spacial score (nSPS) is 20.3. The molecule has 1 fully saturated rings. The van der Waals surface area contributed by atoms with Crippen LogP contribution in [-0.4, -0.2) is 40.8 Å². The summed E-state index contributed by atoms with van der Waals surface area (Å²) in [5, 5.41) is 0.0131. The predicted octanol–water partition coefficient (Wildman–Crippen LogP) is 3.80. The van der Waals surface area contributed by atoms with Gasteiger partial charge in [-0.3, -0.25) is 4.90 Å². The molecule has 2 atom stereocenters. The first-order valence-corrected chi connectivity index (χ1v) is 9.34. The number of aldehydes is 1. The zero-order valence-corrected chi connectivity index (χ0v) is 14.2. The number of nitrogens with zero attached hydrogens (tertiary/aromatic N) is 2. The van der Waals surface area contributed by atoms with Crippen molar-refractivity contribution in [2.75, 3.05) is 19.3 Å². The number of carbonyl (C=O) groups is 1. The zero-order valence-electron chi connectivity index (χ0n) is 13.4. The van der Waals surface area contributed by atoms with Gasteiger partial charge in [-0.05, 0) is 25.6 Å². The molecule has 1 saturated heterocycles. The molecule has 0 saturated carbocycles. The Morgan fingerprint density at radius 1 is 1.39 bits per heavy atom. The number of aromatic nitrogens is 1. The van der Waals surface area contributed by atoms with E-state index >= 15 is 0 Å². The summed E-state index contributed by atoms with van der Waals surface area (Å²) < 4.78 is 6.04. The summed E-state index contributed by atoms with van der Waals surface area (Å²) in [6.45, 7) is 1.76. The maximum Gasteiger partial charge on any atom is 0.212 e. The fourth-order valence-corrected chi connectivity index (χ4v) is 3.52. The minimum Gasteiger partial charge on any atom is -0.439 e. The van der Waals surface area contributed by atoms with E-state index in [1.54, 1.807) is 11.8 Å². The van der Waals surface area contributed by atoms with E-state index in [9.17, 15) is 4.79 Å². The number of hydrogen-bond acceptors (Lipinski definition) is 5. The van der Waals surface area contributed by atoms with Gasteiger partial charge in [-0.2, -0.15) is 11.8 Å². The van der Waals surface area contributed by atoms with E-state index in [-0.39, 0.29) is 11.3 Å². The second-order valence-corrected chi connectivity index (χ2v) is 6.92. The van der Waals surface area contributed by atoms with Crippen LogP contribution in [0, 0.1) is 0 Å². The molecule has 0 spiro atoms. The zero-order chi connectivity index (χ0) is 16.1. The molecular formula is C18H22N2O2S. The highest BCUT2D eigenvalue weighted by Crippen LogP contribution is 2.33. The average Bonchev–Trinajstić information content (AvgIpc) is 3.10.